The molecule has 0 N–H and O–H groups in total. The van der Waals surface area contributed by atoms with Gasteiger partial charge in [-0.3, -0.25) is 0 Å². The van der Waals surface area contributed by atoms with Crippen molar-refractivity contribution in [1.29, 1.82) is 0 Å². The predicted molar refractivity (Wildman–Crippen MR) is 72.6 cm³/mol. The van der Waals surface area contributed by atoms with Crippen LogP contribution in [0.1, 0.15) is 31.2 Å². The maximum atomic E-state index is 3.66. The Morgan fingerprint density at radius 2 is 1.93 bits per heavy atom. The lowest BCUT2D eigenvalue weighted by Gasteiger charge is -2.28. The Morgan fingerprint density at radius 1 is 1.27 bits per heavy atom. The van der Waals surface area contributed by atoms with E-state index in [0.717, 1.165) is 5.92 Å². The molecule has 0 nitrogen and oxygen atoms in total. The Balaban J connectivity index is 2.12. The topological polar surface area (TPSA) is 0 Å². The Morgan fingerprint density at radius 3 is 2.60 bits per heavy atom. The molecule has 1 aromatic carbocycles. The Hall–Kier alpha value is 0.0500. The van der Waals surface area contributed by atoms with Crippen LogP contribution in [0.4, 0.5) is 0 Å². The van der Waals surface area contributed by atoms with Gasteiger partial charge in [-0.25, -0.2) is 0 Å². The SMILES string of the molecule is CC(c1ccccc1Br)C1CCSCC1. The van der Waals surface area contributed by atoms with E-state index in [9.17, 15) is 0 Å². The van der Waals surface area contributed by atoms with Crippen molar-refractivity contribution < 1.29 is 0 Å². The Labute approximate surface area is 105 Å². The van der Waals surface area contributed by atoms with Gasteiger partial charge >= 0.3 is 0 Å². The average molecular weight is 285 g/mol. The van der Waals surface area contributed by atoms with E-state index in [0.29, 0.717) is 5.92 Å². The molecule has 15 heavy (non-hydrogen) atoms. The molecular formula is C13H17BrS. The second-order valence-corrected chi connectivity index (χ2v) is 6.34. The van der Waals surface area contributed by atoms with E-state index < -0.39 is 0 Å². The zero-order valence-corrected chi connectivity index (χ0v) is 11.5. The van der Waals surface area contributed by atoms with Gasteiger partial charge in [0, 0.05) is 4.47 Å². The summed E-state index contributed by atoms with van der Waals surface area (Å²) < 4.78 is 1.27. The van der Waals surface area contributed by atoms with Crippen molar-refractivity contribution in [2.75, 3.05) is 11.5 Å². The van der Waals surface area contributed by atoms with Crippen molar-refractivity contribution in [3.05, 3.63) is 34.3 Å². The molecule has 0 amide bonds. The maximum absolute atomic E-state index is 3.66. The molecule has 82 valence electrons. The molecule has 1 aliphatic rings. The predicted octanol–water partition coefficient (Wildman–Crippen LogP) is 4.70. The minimum atomic E-state index is 0.696. The van der Waals surface area contributed by atoms with E-state index in [1.54, 1.807) is 0 Å². The van der Waals surface area contributed by atoms with Crippen LogP contribution in [0.25, 0.3) is 0 Å². The van der Waals surface area contributed by atoms with E-state index in [1.807, 2.05) is 0 Å². The van der Waals surface area contributed by atoms with Crippen LogP contribution < -0.4 is 0 Å². The molecule has 1 heterocycles. The summed E-state index contributed by atoms with van der Waals surface area (Å²) in [4.78, 5) is 0. The van der Waals surface area contributed by atoms with Gasteiger partial charge in [0.1, 0.15) is 0 Å². The zero-order chi connectivity index (χ0) is 10.7. The van der Waals surface area contributed by atoms with Crippen LogP contribution in [0.5, 0.6) is 0 Å². The summed E-state index contributed by atoms with van der Waals surface area (Å²) in [5.74, 6) is 4.27. The highest BCUT2D eigenvalue weighted by atomic mass is 79.9. The molecule has 0 aliphatic carbocycles. The van der Waals surface area contributed by atoms with Crippen LogP contribution in [-0.2, 0) is 0 Å². The molecule has 1 aliphatic heterocycles. The molecule has 1 unspecified atom stereocenters. The van der Waals surface area contributed by atoms with E-state index >= 15 is 0 Å². The lowest BCUT2D eigenvalue weighted by molar-refractivity contribution is 0.416. The highest BCUT2D eigenvalue weighted by Gasteiger charge is 2.22. The Kier molecular flexibility index (Phi) is 4.15. The average Bonchev–Trinajstić information content (AvgIpc) is 2.30. The fraction of sp³-hybridized carbons (Fsp3) is 0.538. The molecule has 0 aromatic heterocycles. The van der Waals surface area contributed by atoms with Crippen LogP contribution in [-0.4, -0.2) is 11.5 Å². The molecule has 1 fully saturated rings. The van der Waals surface area contributed by atoms with E-state index in [2.05, 4.69) is 58.9 Å². The van der Waals surface area contributed by atoms with E-state index in [-0.39, 0.29) is 0 Å². The van der Waals surface area contributed by atoms with Gasteiger partial charge < -0.3 is 0 Å². The van der Waals surface area contributed by atoms with Gasteiger partial charge in [0.15, 0.2) is 0 Å². The number of rotatable bonds is 2. The molecule has 2 heteroatoms. The molecule has 0 spiro atoms. The number of halogens is 1. The number of hydrogen-bond donors (Lipinski definition) is 0. The minimum Gasteiger partial charge on any atom is -0.162 e. The van der Waals surface area contributed by atoms with Crippen molar-refractivity contribution in [3.8, 4) is 0 Å². The second kappa shape index (κ2) is 5.40. The molecular weight excluding hydrogens is 268 g/mol. The van der Waals surface area contributed by atoms with E-state index in [4.69, 9.17) is 0 Å². The smallest absolute Gasteiger partial charge is 0.0210 e. The van der Waals surface area contributed by atoms with Gasteiger partial charge in [-0.05, 0) is 47.8 Å². The first-order valence-corrected chi connectivity index (χ1v) is 7.56. The first kappa shape index (κ1) is 11.5. The summed E-state index contributed by atoms with van der Waals surface area (Å²) in [6, 6.07) is 8.66. The number of hydrogen-bond acceptors (Lipinski definition) is 1. The fourth-order valence-electron chi connectivity index (χ4n) is 2.31. The van der Waals surface area contributed by atoms with Crippen LogP contribution in [0.15, 0.2) is 28.7 Å². The standard InChI is InChI=1S/C13H17BrS/c1-10(11-6-8-15-9-7-11)12-4-2-3-5-13(12)14/h2-5,10-11H,6-9H2,1H3. The molecule has 2 rings (SSSR count). The molecule has 1 atom stereocenters. The summed E-state index contributed by atoms with van der Waals surface area (Å²) in [6.45, 7) is 2.38. The maximum Gasteiger partial charge on any atom is 0.0210 e. The summed E-state index contributed by atoms with van der Waals surface area (Å²) in [5, 5.41) is 0. The first-order valence-electron chi connectivity index (χ1n) is 5.61. The van der Waals surface area contributed by atoms with Crippen molar-refractivity contribution >= 4 is 27.7 Å². The van der Waals surface area contributed by atoms with Gasteiger partial charge in [-0.2, -0.15) is 11.8 Å². The van der Waals surface area contributed by atoms with Crippen molar-refractivity contribution in [1.82, 2.24) is 0 Å². The third kappa shape index (κ3) is 2.79. The first-order chi connectivity index (χ1) is 7.29. The van der Waals surface area contributed by atoms with Crippen molar-refractivity contribution in [2.45, 2.75) is 25.7 Å². The highest BCUT2D eigenvalue weighted by molar-refractivity contribution is 9.10. The van der Waals surface area contributed by atoms with Gasteiger partial charge in [0.25, 0.3) is 0 Å². The minimum absolute atomic E-state index is 0.696. The molecule has 0 saturated carbocycles. The quantitative estimate of drug-likeness (QED) is 0.759. The van der Waals surface area contributed by atoms with Gasteiger partial charge in [0.05, 0.1) is 0 Å². The molecule has 0 bridgehead atoms. The third-order valence-electron chi connectivity index (χ3n) is 3.37. The van der Waals surface area contributed by atoms with Crippen LogP contribution >= 0.6 is 27.7 Å². The zero-order valence-electron chi connectivity index (χ0n) is 9.08. The monoisotopic (exact) mass is 284 g/mol. The van der Waals surface area contributed by atoms with Gasteiger partial charge in [0.2, 0.25) is 0 Å². The third-order valence-corrected chi connectivity index (χ3v) is 5.14. The van der Waals surface area contributed by atoms with Gasteiger partial charge in [-0.15, -0.1) is 0 Å². The van der Waals surface area contributed by atoms with Crippen LogP contribution in [0.3, 0.4) is 0 Å². The van der Waals surface area contributed by atoms with E-state index in [1.165, 1.54) is 34.4 Å². The largest absolute Gasteiger partial charge is 0.162 e. The van der Waals surface area contributed by atoms with Crippen LogP contribution in [0, 0.1) is 5.92 Å². The van der Waals surface area contributed by atoms with Crippen molar-refractivity contribution in [3.63, 3.8) is 0 Å². The molecule has 0 radical (unpaired) electrons. The fourth-order valence-corrected chi connectivity index (χ4v) is 4.10. The summed E-state index contributed by atoms with van der Waals surface area (Å²) in [5.41, 5.74) is 1.48. The van der Waals surface area contributed by atoms with Crippen LogP contribution in [0.2, 0.25) is 0 Å². The number of thioether (sulfide) groups is 1. The van der Waals surface area contributed by atoms with Crippen molar-refractivity contribution in [2.24, 2.45) is 5.92 Å². The summed E-state index contributed by atoms with van der Waals surface area (Å²) in [7, 11) is 0. The summed E-state index contributed by atoms with van der Waals surface area (Å²) >= 11 is 5.76. The molecule has 1 saturated heterocycles. The lowest BCUT2D eigenvalue weighted by atomic mass is 9.84. The van der Waals surface area contributed by atoms with Gasteiger partial charge in [-0.1, -0.05) is 41.1 Å². The normalized spacial score (nSPS) is 20.1. The molecule has 1 aromatic rings. The Bertz CT molecular complexity index is 318. The lowest BCUT2D eigenvalue weighted by Crippen LogP contribution is -2.16. The summed E-state index contributed by atoms with van der Waals surface area (Å²) in [6.07, 6.45) is 2.76. The highest BCUT2D eigenvalue weighted by Crippen LogP contribution is 2.37. The number of benzene rings is 1. The second-order valence-electron chi connectivity index (χ2n) is 4.26.